The molecule has 1 aromatic rings. The van der Waals surface area contributed by atoms with Crippen molar-refractivity contribution in [3.05, 3.63) is 18.2 Å². The quantitative estimate of drug-likeness (QED) is 0.645. The van der Waals surface area contributed by atoms with Crippen LogP contribution in [0.1, 0.15) is 13.3 Å². The molecule has 0 radical (unpaired) electrons. The largest absolute Gasteiger partial charge is 0.447 e. The van der Waals surface area contributed by atoms with Gasteiger partial charge in [-0.2, -0.15) is 0 Å². The summed E-state index contributed by atoms with van der Waals surface area (Å²) in [5.74, 6) is 2.42. The first kappa shape index (κ1) is 12.0. The Morgan fingerprint density at radius 3 is 3.18 bits per heavy atom. The van der Waals surface area contributed by atoms with Crippen LogP contribution in [0.25, 0.3) is 0 Å². The van der Waals surface area contributed by atoms with Crippen molar-refractivity contribution in [2.24, 2.45) is 0 Å². The number of hydrogen-bond acceptors (Lipinski definition) is 5. The van der Waals surface area contributed by atoms with Gasteiger partial charge in [0.1, 0.15) is 18.2 Å². The van der Waals surface area contributed by atoms with Crippen molar-refractivity contribution < 1.29 is 9.53 Å². The van der Waals surface area contributed by atoms with Crippen LogP contribution >= 0.6 is 11.9 Å². The molecule has 2 heterocycles. The van der Waals surface area contributed by atoms with Gasteiger partial charge in [-0.25, -0.2) is 9.78 Å². The summed E-state index contributed by atoms with van der Waals surface area (Å²) in [4.78, 5) is 17.3. The standard InChI is InChI=1S/C11H15N3O2S/c1-2-8-17-13-9-4-3-5-10(12-9)14-6-7-16-11(14)15/h3-5H,2,6-8H2,1H3,(H,12,13). The average molecular weight is 253 g/mol. The smallest absolute Gasteiger partial charge is 0.415 e. The summed E-state index contributed by atoms with van der Waals surface area (Å²) in [5, 5.41) is 0. The number of nitrogens with zero attached hydrogens (tertiary/aromatic N) is 2. The first-order valence-electron chi connectivity index (χ1n) is 5.60. The van der Waals surface area contributed by atoms with Gasteiger partial charge in [-0.05, 0) is 18.6 Å². The summed E-state index contributed by atoms with van der Waals surface area (Å²) in [5.41, 5.74) is 0. The van der Waals surface area contributed by atoms with Gasteiger partial charge in [0.15, 0.2) is 0 Å². The number of amides is 1. The Balaban J connectivity index is 2.03. The van der Waals surface area contributed by atoms with Gasteiger partial charge in [-0.15, -0.1) is 0 Å². The number of rotatable bonds is 5. The molecule has 1 saturated heterocycles. The number of pyridine rings is 1. The third-order valence-electron chi connectivity index (χ3n) is 2.25. The SMILES string of the molecule is CCCSNc1cccc(N2CCOC2=O)n1. The van der Waals surface area contributed by atoms with Crippen LogP contribution in [0.15, 0.2) is 18.2 Å². The van der Waals surface area contributed by atoms with E-state index in [4.69, 9.17) is 4.74 Å². The normalized spacial score (nSPS) is 14.9. The minimum absolute atomic E-state index is 0.323. The van der Waals surface area contributed by atoms with E-state index < -0.39 is 0 Å². The third-order valence-corrected chi connectivity index (χ3v) is 3.22. The van der Waals surface area contributed by atoms with Crippen molar-refractivity contribution in [3.63, 3.8) is 0 Å². The van der Waals surface area contributed by atoms with Crippen molar-refractivity contribution in [1.29, 1.82) is 0 Å². The highest BCUT2D eigenvalue weighted by atomic mass is 32.2. The Bertz CT molecular complexity index is 400. The lowest BCUT2D eigenvalue weighted by Gasteiger charge is -2.12. The molecule has 0 aliphatic carbocycles. The van der Waals surface area contributed by atoms with E-state index in [-0.39, 0.29) is 6.09 Å². The molecule has 0 aromatic carbocycles. The Labute approximate surface area is 105 Å². The first-order valence-corrected chi connectivity index (χ1v) is 6.59. The van der Waals surface area contributed by atoms with Gasteiger partial charge in [0.25, 0.3) is 0 Å². The number of hydrogen-bond donors (Lipinski definition) is 1. The van der Waals surface area contributed by atoms with Crippen LogP contribution in [0.4, 0.5) is 16.4 Å². The fourth-order valence-corrected chi connectivity index (χ4v) is 2.03. The lowest BCUT2D eigenvalue weighted by atomic mass is 10.4. The van der Waals surface area contributed by atoms with E-state index in [2.05, 4.69) is 16.6 Å². The first-order chi connectivity index (χ1) is 8.31. The summed E-state index contributed by atoms with van der Waals surface area (Å²) in [7, 11) is 0. The van der Waals surface area contributed by atoms with E-state index in [1.54, 1.807) is 11.9 Å². The van der Waals surface area contributed by atoms with Crippen LogP contribution in [0, 0.1) is 0 Å². The van der Waals surface area contributed by atoms with E-state index in [1.807, 2.05) is 18.2 Å². The molecule has 2 rings (SSSR count). The zero-order valence-electron chi connectivity index (χ0n) is 9.68. The molecular weight excluding hydrogens is 238 g/mol. The van der Waals surface area contributed by atoms with Crippen LogP contribution in [0.3, 0.4) is 0 Å². The molecule has 0 atom stereocenters. The Morgan fingerprint density at radius 1 is 1.59 bits per heavy atom. The zero-order valence-corrected chi connectivity index (χ0v) is 10.5. The number of carbonyl (C=O) groups excluding carboxylic acids is 1. The number of cyclic esters (lactones) is 1. The van der Waals surface area contributed by atoms with Crippen LogP contribution in [-0.2, 0) is 4.74 Å². The molecule has 92 valence electrons. The van der Waals surface area contributed by atoms with Gasteiger partial charge in [0.05, 0.1) is 6.54 Å². The van der Waals surface area contributed by atoms with Crippen LogP contribution in [0.2, 0.25) is 0 Å². The van der Waals surface area contributed by atoms with Gasteiger partial charge in [-0.3, -0.25) is 4.90 Å². The van der Waals surface area contributed by atoms with Crippen LogP contribution in [-0.4, -0.2) is 30.0 Å². The lowest BCUT2D eigenvalue weighted by Crippen LogP contribution is -2.24. The Morgan fingerprint density at radius 2 is 2.47 bits per heavy atom. The topological polar surface area (TPSA) is 54.5 Å². The number of aromatic nitrogens is 1. The molecule has 0 unspecified atom stereocenters. The van der Waals surface area contributed by atoms with Crippen molar-refractivity contribution in [2.75, 3.05) is 28.5 Å². The van der Waals surface area contributed by atoms with Crippen molar-refractivity contribution >= 4 is 29.7 Å². The molecule has 0 saturated carbocycles. The summed E-state index contributed by atoms with van der Waals surface area (Å²) in [6.07, 6.45) is 0.784. The van der Waals surface area contributed by atoms with Gasteiger partial charge in [-0.1, -0.05) is 24.9 Å². The molecule has 0 bridgehead atoms. The van der Waals surface area contributed by atoms with Crippen molar-refractivity contribution in [3.8, 4) is 0 Å². The third kappa shape index (κ3) is 3.03. The van der Waals surface area contributed by atoms with Gasteiger partial charge >= 0.3 is 6.09 Å². The van der Waals surface area contributed by atoms with Crippen LogP contribution < -0.4 is 9.62 Å². The highest BCUT2D eigenvalue weighted by molar-refractivity contribution is 8.00. The number of carbonyl (C=O) groups is 1. The molecule has 17 heavy (non-hydrogen) atoms. The summed E-state index contributed by atoms with van der Waals surface area (Å²) < 4.78 is 8.03. The van der Waals surface area contributed by atoms with Crippen molar-refractivity contribution in [1.82, 2.24) is 4.98 Å². The van der Waals surface area contributed by atoms with E-state index >= 15 is 0 Å². The molecule has 1 fully saturated rings. The van der Waals surface area contributed by atoms with Crippen LogP contribution in [0.5, 0.6) is 0 Å². The molecule has 1 aromatic heterocycles. The molecule has 6 heteroatoms. The second kappa shape index (κ2) is 5.77. The molecule has 1 N–H and O–H groups in total. The monoisotopic (exact) mass is 253 g/mol. The maximum Gasteiger partial charge on any atom is 0.415 e. The number of ether oxygens (including phenoxy) is 1. The van der Waals surface area contributed by atoms with Crippen molar-refractivity contribution in [2.45, 2.75) is 13.3 Å². The zero-order chi connectivity index (χ0) is 12.1. The molecule has 0 spiro atoms. The maximum atomic E-state index is 11.4. The predicted molar refractivity (Wildman–Crippen MR) is 69.3 cm³/mol. The number of nitrogens with one attached hydrogen (secondary N) is 1. The van der Waals surface area contributed by atoms with Gasteiger partial charge < -0.3 is 9.46 Å². The Kier molecular flexibility index (Phi) is 4.08. The van der Waals surface area contributed by atoms with E-state index in [9.17, 15) is 4.79 Å². The summed E-state index contributed by atoms with van der Waals surface area (Å²) >= 11 is 1.61. The molecule has 5 nitrogen and oxygen atoms in total. The lowest BCUT2D eigenvalue weighted by molar-refractivity contribution is 0.181. The highest BCUT2D eigenvalue weighted by Crippen LogP contribution is 2.19. The number of anilines is 2. The fraction of sp³-hybridized carbons (Fsp3) is 0.455. The average Bonchev–Trinajstić information content (AvgIpc) is 2.76. The Hall–Kier alpha value is -1.43. The van der Waals surface area contributed by atoms with E-state index in [0.29, 0.717) is 19.0 Å². The molecule has 1 amide bonds. The highest BCUT2D eigenvalue weighted by Gasteiger charge is 2.24. The van der Waals surface area contributed by atoms with E-state index in [0.717, 1.165) is 18.0 Å². The predicted octanol–water partition coefficient (Wildman–Crippen LogP) is 2.51. The summed E-state index contributed by atoms with van der Waals surface area (Å²) in [6.45, 7) is 3.12. The second-order valence-electron chi connectivity index (χ2n) is 3.60. The van der Waals surface area contributed by atoms with Gasteiger partial charge in [0.2, 0.25) is 0 Å². The maximum absolute atomic E-state index is 11.4. The molecule has 1 aliphatic heterocycles. The molecule has 1 aliphatic rings. The summed E-state index contributed by atoms with van der Waals surface area (Å²) in [6, 6.07) is 5.57. The van der Waals surface area contributed by atoms with E-state index in [1.165, 1.54) is 4.90 Å². The fourth-order valence-electron chi connectivity index (χ4n) is 1.46. The van der Waals surface area contributed by atoms with Gasteiger partial charge in [0, 0.05) is 5.75 Å². The molecular formula is C11H15N3O2S. The minimum atomic E-state index is -0.323. The minimum Gasteiger partial charge on any atom is -0.447 e. The second-order valence-corrected chi connectivity index (χ2v) is 4.50.